The van der Waals surface area contributed by atoms with Gasteiger partial charge in [-0.3, -0.25) is 9.59 Å². The van der Waals surface area contributed by atoms with Crippen molar-refractivity contribution in [2.24, 2.45) is 0 Å². The van der Waals surface area contributed by atoms with Gasteiger partial charge in [-0.15, -0.1) is 11.8 Å². The molecule has 0 fully saturated rings. The standard InChI is InChI=1S/C10H19NO4S/c1-3-4-11(7-10(13)14)9(12)8-16-6-5-15-2/h3-8H2,1-2H3,(H,13,14). The van der Waals surface area contributed by atoms with Gasteiger partial charge in [0.25, 0.3) is 0 Å². The van der Waals surface area contributed by atoms with Crippen LogP contribution < -0.4 is 0 Å². The highest BCUT2D eigenvalue weighted by atomic mass is 32.2. The van der Waals surface area contributed by atoms with Gasteiger partial charge in [0.05, 0.1) is 12.4 Å². The molecule has 0 heterocycles. The average Bonchev–Trinajstić information content (AvgIpc) is 2.23. The number of carbonyl (C=O) groups is 2. The molecule has 0 aromatic rings. The number of nitrogens with zero attached hydrogens (tertiary/aromatic N) is 1. The largest absolute Gasteiger partial charge is 0.480 e. The number of carboxylic acids is 1. The molecular weight excluding hydrogens is 230 g/mol. The number of hydrogen-bond donors (Lipinski definition) is 1. The first-order valence-corrected chi connectivity index (χ1v) is 6.33. The van der Waals surface area contributed by atoms with Crippen LogP contribution in [0.25, 0.3) is 0 Å². The molecule has 0 radical (unpaired) electrons. The van der Waals surface area contributed by atoms with Crippen LogP contribution in [0.15, 0.2) is 0 Å². The highest BCUT2D eigenvalue weighted by Crippen LogP contribution is 2.03. The van der Waals surface area contributed by atoms with E-state index in [0.717, 1.165) is 12.2 Å². The lowest BCUT2D eigenvalue weighted by molar-refractivity contribution is -0.143. The van der Waals surface area contributed by atoms with Gasteiger partial charge >= 0.3 is 5.97 Å². The molecule has 0 saturated carbocycles. The second-order valence-electron chi connectivity index (χ2n) is 3.25. The van der Waals surface area contributed by atoms with E-state index in [0.29, 0.717) is 18.9 Å². The van der Waals surface area contributed by atoms with Crippen molar-refractivity contribution >= 4 is 23.6 Å². The molecule has 0 saturated heterocycles. The molecule has 6 heteroatoms. The summed E-state index contributed by atoms with van der Waals surface area (Å²) in [6, 6.07) is 0. The Bertz CT molecular complexity index is 223. The number of amides is 1. The Labute approximate surface area is 100 Å². The van der Waals surface area contributed by atoms with Gasteiger partial charge in [0.1, 0.15) is 6.54 Å². The van der Waals surface area contributed by atoms with E-state index in [1.807, 2.05) is 6.92 Å². The van der Waals surface area contributed by atoms with Crippen molar-refractivity contribution in [3.63, 3.8) is 0 Å². The molecule has 16 heavy (non-hydrogen) atoms. The number of ether oxygens (including phenoxy) is 1. The molecule has 94 valence electrons. The third kappa shape index (κ3) is 7.53. The fourth-order valence-electron chi connectivity index (χ4n) is 1.12. The van der Waals surface area contributed by atoms with Crippen molar-refractivity contribution in [2.75, 3.05) is 38.3 Å². The van der Waals surface area contributed by atoms with Crippen LogP contribution in [-0.2, 0) is 14.3 Å². The molecule has 5 nitrogen and oxygen atoms in total. The van der Waals surface area contributed by atoms with E-state index in [2.05, 4.69) is 0 Å². The molecule has 0 aromatic carbocycles. The first kappa shape index (κ1) is 15.2. The first-order valence-electron chi connectivity index (χ1n) is 5.18. The summed E-state index contributed by atoms with van der Waals surface area (Å²) in [6.45, 7) is 2.80. The van der Waals surface area contributed by atoms with Crippen LogP contribution in [0.3, 0.4) is 0 Å². The third-order valence-corrected chi connectivity index (χ3v) is 2.74. The SMILES string of the molecule is CCCN(CC(=O)O)C(=O)CSCCOC. The molecule has 0 unspecified atom stereocenters. The van der Waals surface area contributed by atoms with E-state index in [4.69, 9.17) is 9.84 Å². The van der Waals surface area contributed by atoms with E-state index in [1.54, 1.807) is 7.11 Å². The summed E-state index contributed by atoms with van der Waals surface area (Å²) in [5, 5.41) is 8.65. The maximum Gasteiger partial charge on any atom is 0.323 e. The van der Waals surface area contributed by atoms with Crippen LogP contribution >= 0.6 is 11.8 Å². The van der Waals surface area contributed by atoms with Crippen molar-refractivity contribution in [1.82, 2.24) is 4.90 Å². The normalized spacial score (nSPS) is 10.1. The lowest BCUT2D eigenvalue weighted by Gasteiger charge is -2.19. The number of carbonyl (C=O) groups excluding carboxylic acids is 1. The van der Waals surface area contributed by atoms with E-state index in [1.165, 1.54) is 16.7 Å². The minimum atomic E-state index is -0.969. The molecule has 0 bridgehead atoms. The average molecular weight is 249 g/mol. The monoisotopic (exact) mass is 249 g/mol. The smallest absolute Gasteiger partial charge is 0.323 e. The van der Waals surface area contributed by atoms with Crippen molar-refractivity contribution < 1.29 is 19.4 Å². The Morgan fingerprint density at radius 1 is 1.44 bits per heavy atom. The van der Waals surface area contributed by atoms with E-state index in [-0.39, 0.29) is 12.5 Å². The van der Waals surface area contributed by atoms with Crippen molar-refractivity contribution in [2.45, 2.75) is 13.3 Å². The highest BCUT2D eigenvalue weighted by Gasteiger charge is 2.15. The summed E-state index contributed by atoms with van der Waals surface area (Å²) in [5.74, 6) is -0.0274. The zero-order chi connectivity index (χ0) is 12.4. The number of hydrogen-bond acceptors (Lipinski definition) is 4. The Morgan fingerprint density at radius 3 is 2.62 bits per heavy atom. The summed E-state index contributed by atoms with van der Waals surface area (Å²) in [5.41, 5.74) is 0. The number of rotatable bonds is 9. The third-order valence-electron chi connectivity index (χ3n) is 1.83. The molecule has 1 N–H and O–H groups in total. The minimum absolute atomic E-state index is 0.120. The highest BCUT2D eigenvalue weighted by molar-refractivity contribution is 7.99. The number of thioether (sulfide) groups is 1. The zero-order valence-corrected chi connectivity index (χ0v) is 10.6. The van der Waals surface area contributed by atoms with Crippen LogP contribution in [0, 0.1) is 0 Å². The van der Waals surface area contributed by atoms with Crippen molar-refractivity contribution in [3.8, 4) is 0 Å². The minimum Gasteiger partial charge on any atom is -0.480 e. The summed E-state index contributed by atoms with van der Waals surface area (Å²) < 4.78 is 4.86. The van der Waals surface area contributed by atoms with Gasteiger partial charge in [0.15, 0.2) is 0 Å². The summed E-state index contributed by atoms with van der Waals surface area (Å²) in [4.78, 5) is 23.6. The number of methoxy groups -OCH3 is 1. The number of carboxylic acid groups (broad SMARTS) is 1. The molecule has 0 atom stereocenters. The van der Waals surface area contributed by atoms with Crippen LogP contribution in [0.1, 0.15) is 13.3 Å². The zero-order valence-electron chi connectivity index (χ0n) is 9.77. The Balaban J connectivity index is 3.91. The van der Waals surface area contributed by atoms with Gasteiger partial charge in [-0.1, -0.05) is 6.92 Å². The Hall–Kier alpha value is -0.750. The molecule has 0 spiro atoms. The molecule has 0 aliphatic carbocycles. The van der Waals surface area contributed by atoms with Crippen LogP contribution in [0.4, 0.5) is 0 Å². The van der Waals surface area contributed by atoms with E-state index in [9.17, 15) is 9.59 Å². The summed E-state index contributed by atoms with van der Waals surface area (Å²) >= 11 is 1.46. The molecule has 1 amide bonds. The lowest BCUT2D eigenvalue weighted by atomic mass is 10.4. The second kappa shape index (κ2) is 9.47. The predicted octanol–water partition coefficient (Wildman–Crippen LogP) is 0.689. The molecule has 0 aromatic heterocycles. The molecule has 0 aliphatic heterocycles. The van der Waals surface area contributed by atoms with Crippen molar-refractivity contribution in [3.05, 3.63) is 0 Å². The molecular formula is C10H19NO4S. The van der Waals surface area contributed by atoms with Gasteiger partial charge in [-0.25, -0.2) is 0 Å². The Morgan fingerprint density at radius 2 is 2.12 bits per heavy atom. The van der Waals surface area contributed by atoms with Crippen LogP contribution in [0.2, 0.25) is 0 Å². The van der Waals surface area contributed by atoms with Gasteiger partial charge in [-0.2, -0.15) is 0 Å². The maximum absolute atomic E-state index is 11.6. The Kier molecular flexibility index (Phi) is 9.03. The van der Waals surface area contributed by atoms with Gasteiger partial charge < -0.3 is 14.7 Å². The fraction of sp³-hybridized carbons (Fsp3) is 0.800. The topological polar surface area (TPSA) is 66.8 Å². The summed E-state index contributed by atoms with van der Waals surface area (Å²) in [6.07, 6.45) is 0.766. The van der Waals surface area contributed by atoms with Gasteiger partial charge in [0.2, 0.25) is 5.91 Å². The van der Waals surface area contributed by atoms with Crippen molar-refractivity contribution in [1.29, 1.82) is 0 Å². The quantitative estimate of drug-likeness (QED) is 0.609. The van der Waals surface area contributed by atoms with Gasteiger partial charge in [-0.05, 0) is 6.42 Å². The predicted molar refractivity (Wildman–Crippen MR) is 63.7 cm³/mol. The first-order chi connectivity index (χ1) is 7.61. The van der Waals surface area contributed by atoms with Gasteiger partial charge in [0, 0.05) is 19.4 Å². The lowest BCUT2D eigenvalue weighted by Crippen LogP contribution is -2.37. The van der Waals surface area contributed by atoms with Crippen LogP contribution in [-0.4, -0.2) is 60.2 Å². The summed E-state index contributed by atoms with van der Waals surface area (Å²) in [7, 11) is 1.61. The van der Waals surface area contributed by atoms with E-state index < -0.39 is 5.97 Å². The fourth-order valence-corrected chi connectivity index (χ4v) is 1.90. The molecule has 0 aliphatic rings. The maximum atomic E-state index is 11.6. The number of aliphatic carboxylic acids is 1. The molecule has 0 rings (SSSR count). The van der Waals surface area contributed by atoms with E-state index >= 15 is 0 Å². The second-order valence-corrected chi connectivity index (χ2v) is 4.36. The van der Waals surface area contributed by atoms with Crippen LogP contribution in [0.5, 0.6) is 0 Å².